The summed E-state index contributed by atoms with van der Waals surface area (Å²) in [4.78, 5) is 10.3. The Kier molecular flexibility index (Phi) is 4.32. The molecule has 0 saturated carbocycles. The fourth-order valence-corrected chi connectivity index (χ4v) is 1.80. The van der Waals surface area contributed by atoms with Gasteiger partial charge in [-0.1, -0.05) is 6.07 Å². The third kappa shape index (κ3) is 3.44. The maximum Gasteiger partial charge on any atom is 0.312 e. The monoisotopic (exact) mass is 294 g/mol. The minimum atomic E-state index is -0.675. The zero-order valence-electron chi connectivity index (χ0n) is 11.1. The third-order valence-electron chi connectivity index (χ3n) is 2.87. The molecule has 0 radical (unpaired) electrons. The van der Waals surface area contributed by atoms with Crippen molar-refractivity contribution in [3.8, 4) is 5.75 Å². The molecule has 7 heteroatoms. The number of nitrogens with zero attached hydrogens (tertiary/aromatic N) is 1. The molecule has 0 saturated heterocycles. The summed E-state index contributed by atoms with van der Waals surface area (Å²) in [6.07, 6.45) is 0. The molecular weight excluding hydrogens is 282 g/mol. The lowest BCUT2D eigenvalue weighted by atomic mass is 10.2. The van der Waals surface area contributed by atoms with Gasteiger partial charge in [-0.2, -0.15) is 0 Å². The van der Waals surface area contributed by atoms with Gasteiger partial charge in [-0.3, -0.25) is 10.1 Å². The van der Waals surface area contributed by atoms with E-state index in [2.05, 4.69) is 5.32 Å². The summed E-state index contributed by atoms with van der Waals surface area (Å²) < 4.78 is 31.1. The number of ether oxygens (including phenoxy) is 1. The van der Waals surface area contributed by atoms with Crippen LogP contribution in [-0.4, -0.2) is 12.0 Å². The molecule has 0 unspecified atom stereocenters. The zero-order chi connectivity index (χ0) is 15.4. The lowest BCUT2D eigenvalue weighted by Gasteiger charge is -2.09. The highest BCUT2D eigenvalue weighted by Crippen LogP contribution is 2.29. The Balaban J connectivity index is 2.16. The van der Waals surface area contributed by atoms with Crippen molar-refractivity contribution in [3.05, 3.63) is 63.7 Å². The van der Waals surface area contributed by atoms with E-state index in [9.17, 15) is 18.9 Å². The minimum absolute atomic E-state index is 0.0790. The second kappa shape index (κ2) is 6.17. The molecule has 0 aliphatic heterocycles. The lowest BCUT2D eigenvalue weighted by molar-refractivity contribution is -0.385. The van der Waals surface area contributed by atoms with Gasteiger partial charge in [0, 0.05) is 29.9 Å². The Labute approximate surface area is 119 Å². The number of benzene rings is 2. The minimum Gasteiger partial charge on any atom is -0.490 e. The van der Waals surface area contributed by atoms with Gasteiger partial charge in [0.15, 0.2) is 5.75 Å². The average molecular weight is 294 g/mol. The van der Waals surface area contributed by atoms with Crippen LogP contribution in [0.3, 0.4) is 0 Å². The molecule has 0 amide bonds. The molecule has 0 aromatic heterocycles. The summed E-state index contributed by atoms with van der Waals surface area (Å²) in [5, 5.41) is 13.7. The molecule has 0 spiro atoms. The smallest absolute Gasteiger partial charge is 0.312 e. The zero-order valence-corrected chi connectivity index (χ0v) is 11.1. The Hall–Kier alpha value is -2.70. The average Bonchev–Trinajstić information content (AvgIpc) is 2.46. The summed E-state index contributed by atoms with van der Waals surface area (Å²) in [6.45, 7) is 0.0790. The molecule has 0 fully saturated rings. The van der Waals surface area contributed by atoms with Gasteiger partial charge < -0.3 is 10.1 Å². The predicted octanol–water partition coefficient (Wildman–Crippen LogP) is 3.49. The summed E-state index contributed by atoms with van der Waals surface area (Å²) in [5.41, 5.74) is 0.503. The van der Waals surface area contributed by atoms with E-state index in [1.165, 1.54) is 25.3 Å². The molecule has 2 rings (SSSR count). The van der Waals surface area contributed by atoms with E-state index in [4.69, 9.17) is 4.74 Å². The molecule has 0 aliphatic carbocycles. The molecule has 110 valence electrons. The van der Waals surface area contributed by atoms with Crippen LogP contribution in [0.1, 0.15) is 5.56 Å². The Morgan fingerprint density at radius 1 is 1.24 bits per heavy atom. The van der Waals surface area contributed by atoms with Crippen LogP contribution in [0, 0.1) is 21.7 Å². The summed E-state index contributed by atoms with van der Waals surface area (Å²) in [5.74, 6) is -1.19. The quantitative estimate of drug-likeness (QED) is 0.677. The van der Waals surface area contributed by atoms with Crippen molar-refractivity contribution < 1.29 is 18.4 Å². The molecule has 0 bridgehead atoms. The van der Waals surface area contributed by atoms with Crippen LogP contribution < -0.4 is 10.1 Å². The molecular formula is C14H12F2N2O3. The van der Waals surface area contributed by atoms with Gasteiger partial charge in [0.2, 0.25) is 0 Å². The number of nitrogens with one attached hydrogen (secondary N) is 1. The van der Waals surface area contributed by atoms with Gasteiger partial charge in [0.1, 0.15) is 11.6 Å². The standard InChI is InChI=1S/C14H12F2N2O3/c1-21-14-5-4-11(7-13(14)18(19)20)17-8-9-2-3-10(15)6-12(9)16/h2-7,17H,8H2,1H3. The first-order chi connectivity index (χ1) is 10.0. The van der Waals surface area contributed by atoms with Gasteiger partial charge in [-0.15, -0.1) is 0 Å². The largest absolute Gasteiger partial charge is 0.490 e. The maximum absolute atomic E-state index is 13.5. The van der Waals surface area contributed by atoms with Gasteiger partial charge in [-0.05, 0) is 18.2 Å². The van der Waals surface area contributed by atoms with Gasteiger partial charge in [0.25, 0.3) is 0 Å². The van der Waals surface area contributed by atoms with Crippen molar-refractivity contribution in [2.45, 2.75) is 6.54 Å². The van der Waals surface area contributed by atoms with Crippen molar-refractivity contribution in [2.24, 2.45) is 0 Å². The first-order valence-corrected chi connectivity index (χ1v) is 6.01. The van der Waals surface area contributed by atoms with Crippen LogP contribution in [-0.2, 0) is 6.54 Å². The lowest BCUT2D eigenvalue weighted by Crippen LogP contribution is -2.03. The topological polar surface area (TPSA) is 64.4 Å². The summed E-state index contributed by atoms with van der Waals surface area (Å²) in [6, 6.07) is 7.56. The number of halogens is 2. The van der Waals surface area contributed by atoms with E-state index in [1.807, 2.05) is 0 Å². The fourth-order valence-electron chi connectivity index (χ4n) is 1.80. The van der Waals surface area contributed by atoms with E-state index in [1.54, 1.807) is 6.07 Å². The van der Waals surface area contributed by atoms with Crippen molar-refractivity contribution in [1.29, 1.82) is 0 Å². The number of methoxy groups -OCH3 is 1. The van der Waals surface area contributed by atoms with Crippen LogP contribution in [0.5, 0.6) is 5.75 Å². The number of nitro benzene ring substituents is 1. The highest BCUT2D eigenvalue weighted by Gasteiger charge is 2.15. The van der Waals surface area contributed by atoms with Gasteiger partial charge in [-0.25, -0.2) is 8.78 Å². The molecule has 21 heavy (non-hydrogen) atoms. The van der Waals surface area contributed by atoms with Crippen molar-refractivity contribution >= 4 is 11.4 Å². The SMILES string of the molecule is COc1ccc(NCc2ccc(F)cc2F)cc1[N+](=O)[O-]. The summed E-state index contributed by atoms with van der Waals surface area (Å²) >= 11 is 0. The maximum atomic E-state index is 13.5. The van der Waals surface area contributed by atoms with Gasteiger partial charge in [0.05, 0.1) is 12.0 Å². The first-order valence-electron chi connectivity index (χ1n) is 6.01. The molecule has 5 nitrogen and oxygen atoms in total. The van der Waals surface area contributed by atoms with Gasteiger partial charge >= 0.3 is 5.69 Å². The third-order valence-corrected chi connectivity index (χ3v) is 2.87. The molecule has 0 aliphatic rings. The van der Waals surface area contributed by atoms with E-state index in [0.717, 1.165) is 12.1 Å². The molecule has 0 heterocycles. The van der Waals surface area contributed by atoms with Crippen LogP contribution in [0.15, 0.2) is 36.4 Å². The van der Waals surface area contributed by atoms with E-state index < -0.39 is 16.6 Å². The van der Waals surface area contributed by atoms with Crippen LogP contribution in [0.2, 0.25) is 0 Å². The van der Waals surface area contributed by atoms with Crippen LogP contribution in [0.4, 0.5) is 20.2 Å². The van der Waals surface area contributed by atoms with Crippen LogP contribution >= 0.6 is 0 Å². The second-order valence-corrected chi connectivity index (χ2v) is 4.23. The highest BCUT2D eigenvalue weighted by atomic mass is 19.1. The molecule has 1 N–H and O–H groups in total. The van der Waals surface area contributed by atoms with E-state index in [0.29, 0.717) is 5.69 Å². The van der Waals surface area contributed by atoms with E-state index in [-0.39, 0.29) is 23.5 Å². The first kappa shape index (κ1) is 14.7. The fraction of sp³-hybridized carbons (Fsp3) is 0.143. The molecule has 0 atom stereocenters. The Morgan fingerprint density at radius 3 is 2.62 bits per heavy atom. The number of rotatable bonds is 5. The number of anilines is 1. The van der Waals surface area contributed by atoms with Crippen molar-refractivity contribution in [2.75, 3.05) is 12.4 Å². The van der Waals surface area contributed by atoms with Crippen molar-refractivity contribution in [1.82, 2.24) is 0 Å². The Bertz CT molecular complexity index is 677. The van der Waals surface area contributed by atoms with Crippen LogP contribution in [0.25, 0.3) is 0 Å². The molecule has 2 aromatic rings. The predicted molar refractivity (Wildman–Crippen MR) is 73.3 cm³/mol. The number of hydrogen-bond donors (Lipinski definition) is 1. The molecule has 2 aromatic carbocycles. The Morgan fingerprint density at radius 2 is 2.00 bits per heavy atom. The van der Waals surface area contributed by atoms with E-state index >= 15 is 0 Å². The number of hydrogen-bond acceptors (Lipinski definition) is 4. The normalized spacial score (nSPS) is 10.2. The summed E-state index contributed by atoms with van der Waals surface area (Å²) in [7, 11) is 1.34. The number of nitro groups is 1. The second-order valence-electron chi connectivity index (χ2n) is 4.23. The van der Waals surface area contributed by atoms with Crippen molar-refractivity contribution in [3.63, 3.8) is 0 Å². The highest BCUT2D eigenvalue weighted by molar-refractivity contribution is 5.58.